The van der Waals surface area contributed by atoms with Crippen molar-refractivity contribution in [3.63, 3.8) is 0 Å². The third-order valence-corrected chi connectivity index (χ3v) is 6.49. The Morgan fingerprint density at radius 2 is 1.62 bits per heavy atom. The summed E-state index contributed by atoms with van der Waals surface area (Å²) >= 11 is 1.42. The maximum absolute atomic E-state index is 14.2. The molecule has 0 unspecified atom stereocenters. The number of piperazine rings is 1. The minimum Gasteiger partial charge on any atom is -0.366 e. The summed E-state index contributed by atoms with van der Waals surface area (Å²) in [7, 11) is 0. The molecule has 10 heteroatoms. The molecule has 0 radical (unpaired) electrons. The molecule has 1 saturated heterocycles. The number of para-hydroxylation sites is 2. The summed E-state index contributed by atoms with van der Waals surface area (Å²) in [5.74, 6) is -0.00204. The molecule has 0 N–H and O–H groups in total. The molecule has 1 fully saturated rings. The van der Waals surface area contributed by atoms with E-state index >= 15 is 0 Å². The van der Waals surface area contributed by atoms with E-state index < -0.39 is 0 Å². The fourth-order valence-corrected chi connectivity index (χ4v) is 4.67. The molecule has 0 spiro atoms. The minimum absolute atomic E-state index is 0.181. The Hall–Kier alpha value is -3.79. The van der Waals surface area contributed by atoms with Crippen molar-refractivity contribution in [1.82, 2.24) is 29.9 Å². The molecular weight excluding hydrogens is 453 g/mol. The van der Waals surface area contributed by atoms with E-state index in [9.17, 15) is 9.18 Å². The van der Waals surface area contributed by atoms with Gasteiger partial charge in [-0.1, -0.05) is 47.3 Å². The van der Waals surface area contributed by atoms with Crippen molar-refractivity contribution in [3.8, 4) is 5.69 Å². The van der Waals surface area contributed by atoms with Crippen molar-refractivity contribution < 1.29 is 9.18 Å². The summed E-state index contributed by atoms with van der Waals surface area (Å²) in [4.78, 5) is 25.7. The molecule has 2 aromatic carbocycles. The van der Waals surface area contributed by atoms with Gasteiger partial charge in [-0.05, 0) is 30.3 Å². The Bertz CT molecular complexity index is 1260. The van der Waals surface area contributed by atoms with Crippen molar-refractivity contribution in [2.45, 2.75) is 10.9 Å². The van der Waals surface area contributed by atoms with E-state index in [2.05, 4.69) is 20.3 Å². The Kier molecular flexibility index (Phi) is 6.48. The molecule has 0 saturated carbocycles. The van der Waals surface area contributed by atoms with Crippen LogP contribution in [-0.4, -0.2) is 61.9 Å². The summed E-state index contributed by atoms with van der Waals surface area (Å²) in [6.45, 7) is 2.03. The van der Waals surface area contributed by atoms with Crippen LogP contribution in [0.2, 0.25) is 0 Å². The smallest absolute Gasteiger partial charge is 0.276 e. The van der Waals surface area contributed by atoms with Crippen LogP contribution in [0.3, 0.4) is 0 Å². The van der Waals surface area contributed by atoms with Crippen molar-refractivity contribution in [1.29, 1.82) is 0 Å². The third kappa shape index (κ3) is 4.62. The predicted molar refractivity (Wildman–Crippen MR) is 127 cm³/mol. The van der Waals surface area contributed by atoms with Crippen molar-refractivity contribution in [2.75, 3.05) is 31.1 Å². The first-order chi connectivity index (χ1) is 16.7. The summed E-state index contributed by atoms with van der Waals surface area (Å²) < 4.78 is 15.9. The van der Waals surface area contributed by atoms with Crippen LogP contribution in [0.25, 0.3) is 5.69 Å². The standard InChI is InChI=1S/C24H22FN7OS/c25-19-9-4-5-10-20(19)30-13-15-31(16-14-30)23(33)22-21(17-34-24-26-11-6-12-27-24)32(29-28-22)18-7-2-1-3-8-18/h1-12H,13-17H2. The summed E-state index contributed by atoms with van der Waals surface area (Å²) in [6, 6.07) is 18.1. The van der Waals surface area contributed by atoms with Crippen LogP contribution in [0.15, 0.2) is 78.2 Å². The SMILES string of the molecule is O=C(c1nnn(-c2ccccc2)c1CSc1ncccn1)N1CCN(c2ccccc2F)CC1. The van der Waals surface area contributed by atoms with Gasteiger partial charge in [-0.15, -0.1) is 5.10 Å². The van der Waals surface area contributed by atoms with Gasteiger partial charge in [0, 0.05) is 44.3 Å². The van der Waals surface area contributed by atoms with Gasteiger partial charge in [-0.2, -0.15) is 0 Å². The quantitative estimate of drug-likeness (QED) is 0.312. The van der Waals surface area contributed by atoms with Crippen molar-refractivity contribution in [2.24, 2.45) is 0 Å². The molecule has 1 amide bonds. The fourth-order valence-electron chi connectivity index (χ4n) is 3.88. The van der Waals surface area contributed by atoms with E-state index in [1.165, 1.54) is 17.8 Å². The molecule has 1 aliphatic rings. The van der Waals surface area contributed by atoms with Crippen LogP contribution >= 0.6 is 11.8 Å². The zero-order valence-electron chi connectivity index (χ0n) is 18.3. The van der Waals surface area contributed by atoms with Gasteiger partial charge in [0.1, 0.15) is 5.82 Å². The number of anilines is 1. The lowest BCUT2D eigenvalue weighted by Crippen LogP contribution is -2.49. The number of amides is 1. The van der Waals surface area contributed by atoms with E-state index in [-0.39, 0.29) is 11.7 Å². The maximum atomic E-state index is 14.2. The highest BCUT2D eigenvalue weighted by Gasteiger charge is 2.28. The van der Waals surface area contributed by atoms with Crippen molar-refractivity contribution >= 4 is 23.4 Å². The molecule has 4 aromatic rings. The Morgan fingerprint density at radius 1 is 0.912 bits per heavy atom. The molecular formula is C24H22FN7OS. The Morgan fingerprint density at radius 3 is 2.35 bits per heavy atom. The molecule has 0 atom stereocenters. The van der Waals surface area contributed by atoms with Crippen LogP contribution in [0.4, 0.5) is 10.1 Å². The van der Waals surface area contributed by atoms with Crippen molar-refractivity contribution in [3.05, 3.63) is 90.3 Å². The topological polar surface area (TPSA) is 80.0 Å². The van der Waals surface area contributed by atoms with Gasteiger partial charge in [-0.3, -0.25) is 4.79 Å². The number of benzene rings is 2. The number of hydrogen-bond donors (Lipinski definition) is 0. The number of halogens is 1. The second-order valence-electron chi connectivity index (χ2n) is 7.68. The van der Waals surface area contributed by atoms with Gasteiger partial charge in [0.15, 0.2) is 10.9 Å². The minimum atomic E-state index is -0.254. The number of carbonyl (C=O) groups excluding carboxylic acids is 1. The highest BCUT2D eigenvalue weighted by molar-refractivity contribution is 7.98. The fraction of sp³-hybridized carbons (Fsp3) is 0.208. The summed E-state index contributed by atoms with van der Waals surface area (Å²) in [6.07, 6.45) is 3.37. The van der Waals surface area contributed by atoms with Crippen LogP contribution in [-0.2, 0) is 5.75 Å². The molecule has 8 nitrogen and oxygen atoms in total. The molecule has 34 heavy (non-hydrogen) atoms. The molecule has 0 bridgehead atoms. The molecule has 3 heterocycles. The van der Waals surface area contributed by atoms with Gasteiger partial charge >= 0.3 is 0 Å². The summed E-state index contributed by atoms with van der Waals surface area (Å²) in [5, 5.41) is 9.17. The average Bonchev–Trinajstić information content (AvgIpc) is 3.32. The van der Waals surface area contributed by atoms with E-state index in [1.807, 2.05) is 41.3 Å². The van der Waals surface area contributed by atoms with Crippen LogP contribution in [0, 0.1) is 5.82 Å². The average molecular weight is 476 g/mol. The Labute approximate surface area is 200 Å². The zero-order chi connectivity index (χ0) is 23.3. The maximum Gasteiger partial charge on any atom is 0.276 e. The monoisotopic (exact) mass is 475 g/mol. The Balaban J connectivity index is 1.37. The van der Waals surface area contributed by atoms with Gasteiger partial charge < -0.3 is 9.80 Å². The summed E-state index contributed by atoms with van der Waals surface area (Å²) in [5.41, 5.74) is 2.38. The molecule has 0 aliphatic carbocycles. The third-order valence-electron chi connectivity index (χ3n) is 5.61. The number of carbonyl (C=O) groups is 1. The number of aromatic nitrogens is 5. The van der Waals surface area contributed by atoms with Gasteiger partial charge in [0.2, 0.25) is 0 Å². The lowest BCUT2D eigenvalue weighted by molar-refractivity contribution is 0.0739. The molecule has 1 aliphatic heterocycles. The molecule has 2 aromatic heterocycles. The normalized spacial score (nSPS) is 13.8. The van der Waals surface area contributed by atoms with E-state index in [0.29, 0.717) is 54.2 Å². The predicted octanol–water partition coefficient (Wildman–Crippen LogP) is 3.45. The first-order valence-electron chi connectivity index (χ1n) is 10.9. The second-order valence-corrected chi connectivity index (χ2v) is 8.63. The van der Waals surface area contributed by atoms with Crippen LogP contribution < -0.4 is 4.90 Å². The number of nitrogens with zero attached hydrogens (tertiary/aromatic N) is 7. The first kappa shape index (κ1) is 22.0. The highest BCUT2D eigenvalue weighted by atomic mass is 32.2. The van der Waals surface area contributed by atoms with Gasteiger partial charge in [0.05, 0.1) is 17.1 Å². The second kappa shape index (κ2) is 10.0. The molecule has 172 valence electrons. The van der Waals surface area contributed by atoms with E-state index in [0.717, 1.165) is 5.69 Å². The largest absolute Gasteiger partial charge is 0.366 e. The molecule has 5 rings (SSSR count). The highest BCUT2D eigenvalue weighted by Crippen LogP contribution is 2.25. The first-order valence-corrected chi connectivity index (χ1v) is 11.9. The van der Waals surface area contributed by atoms with Gasteiger partial charge in [0.25, 0.3) is 5.91 Å². The van der Waals surface area contributed by atoms with E-state index in [4.69, 9.17) is 0 Å². The number of hydrogen-bond acceptors (Lipinski definition) is 7. The lowest BCUT2D eigenvalue weighted by Gasteiger charge is -2.36. The lowest BCUT2D eigenvalue weighted by atomic mass is 10.2. The number of thioether (sulfide) groups is 1. The van der Waals surface area contributed by atoms with E-state index in [1.54, 1.807) is 40.2 Å². The zero-order valence-corrected chi connectivity index (χ0v) is 19.1. The number of rotatable bonds is 6. The van der Waals surface area contributed by atoms with Crippen LogP contribution in [0.5, 0.6) is 0 Å². The van der Waals surface area contributed by atoms with Crippen LogP contribution in [0.1, 0.15) is 16.2 Å². The van der Waals surface area contributed by atoms with Gasteiger partial charge in [-0.25, -0.2) is 19.0 Å².